The summed E-state index contributed by atoms with van der Waals surface area (Å²) in [7, 11) is 1.75. The van der Waals surface area contributed by atoms with Crippen molar-refractivity contribution in [2.75, 3.05) is 13.7 Å². The standard InChI is InChI=1S/C17H34O4/c1-6-16(3,20-5)13-14-21-17(4,7-2)12-10-8-9-11-15(18)19/h6-14H2,1-5H3,(H,18,19). The monoisotopic (exact) mass is 302 g/mol. The predicted octanol–water partition coefficient (Wildman–Crippen LogP) is 4.41. The van der Waals surface area contributed by atoms with Gasteiger partial charge in [-0.05, 0) is 46.0 Å². The number of rotatable bonds is 13. The van der Waals surface area contributed by atoms with Gasteiger partial charge >= 0.3 is 5.97 Å². The van der Waals surface area contributed by atoms with E-state index in [9.17, 15) is 4.79 Å². The third kappa shape index (κ3) is 9.10. The van der Waals surface area contributed by atoms with Crippen LogP contribution in [-0.2, 0) is 14.3 Å². The van der Waals surface area contributed by atoms with Gasteiger partial charge in [0.1, 0.15) is 0 Å². The number of aliphatic carboxylic acids is 1. The summed E-state index contributed by atoms with van der Waals surface area (Å²) >= 11 is 0. The second kappa shape index (κ2) is 10.2. The molecule has 0 aliphatic carbocycles. The van der Waals surface area contributed by atoms with Gasteiger partial charge in [-0.25, -0.2) is 0 Å². The van der Waals surface area contributed by atoms with Crippen molar-refractivity contribution in [2.24, 2.45) is 0 Å². The number of hydrogen-bond acceptors (Lipinski definition) is 3. The SMILES string of the molecule is CCC(C)(CCOC(C)(CC)CCCCCC(=O)O)OC. The van der Waals surface area contributed by atoms with Crippen molar-refractivity contribution in [3.05, 3.63) is 0 Å². The van der Waals surface area contributed by atoms with Gasteiger partial charge in [0.2, 0.25) is 0 Å². The molecule has 0 aliphatic heterocycles. The Hall–Kier alpha value is -0.610. The summed E-state index contributed by atoms with van der Waals surface area (Å²) in [6.07, 6.45) is 6.84. The maximum Gasteiger partial charge on any atom is 0.303 e. The zero-order valence-electron chi connectivity index (χ0n) is 14.5. The third-order valence-electron chi connectivity index (χ3n) is 4.67. The largest absolute Gasteiger partial charge is 0.481 e. The predicted molar refractivity (Wildman–Crippen MR) is 85.7 cm³/mol. The first-order valence-electron chi connectivity index (χ1n) is 8.21. The molecule has 4 nitrogen and oxygen atoms in total. The van der Waals surface area contributed by atoms with Crippen molar-refractivity contribution in [1.29, 1.82) is 0 Å². The molecule has 1 N–H and O–H groups in total. The smallest absolute Gasteiger partial charge is 0.303 e. The lowest BCUT2D eigenvalue weighted by molar-refractivity contribution is -0.137. The molecule has 0 rings (SSSR count). The minimum Gasteiger partial charge on any atom is -0.481 e. The second-order valence-corrected chi connectivity index (χ2v) is 6.36. The van der Waals surface area contributed by atoms with Gasteiger partial charge in [-0.2, -0.15) is 0 Å². The maximum absolute atomic E-state index is 10.5. The van der Waals surface area contributed by atoms with Crippen LogP contribution in [0.15, 0.2) is 0 Å². The molecule has 0 aromatic carbocycles. The topological polar surface area (TPSA) is 55.8 Å². The van der Waals surface area contributed by atoms with Crippen molar-refractivity contribution in [1.82, 2.24) is 0 Å². The van der Waals surface area contributed by atoms with E-state index in [1.165, 1.54) is 0 Å². The first-order valence-corrected chi connectivity index (χ1v) is 8.21. The number of carboxylic acid groups (broad SMARTS) is 1. The summed E-state index contributed by atoms with van der Waals surface area (Å²) in [4.78, 5) is 10.5. The normalized spacial score (nSPS) is 17.2. The number of carboxylic acids is 1. The number of carbonyl (C=O) groups is 1. The van der Waals surface area contributed by atoms with Gasteiger partial charge in [0.15, 0.2) is 0 Å². The first-order chi connectivity index (χ1) is 9.81. The average Bonchev–Trinajstić information content (AvgIpc) is 2.46. The maximum atomic E-state index is 10.5. The Balaban J connectivity index is 4.02. The number of methoxy groups -OCH3 is 1. The second-order valence-electron chi connectivity index (χ2n) is 6.36. The van der Waals surface area contributed by atoms with Crippen molar-refractivity contribution >= 4 is 5.97 Å². The van der Waals surface area contributed by atoms with E-state index in [1.807, 2.05) is 0 Å². The summed E-state index contributed by atoms with van der Waals surface area (Å²) in [6.45, 7) is 9.25. The van der Waals surface area contributed by atoms with Gasteiger partial charge in [0.25, 0.3) is 0 Å². The van der Waals surface area contributed by atoms with Gasteiger partial charge in [-0.15, -0.1) is 0 Å². The molecule has 0 heterocycles. The van der Waals surface area contributed by atoms with Gasteiger partial charge in [0, 0.05) is 13.5 Å². The quantitative estimate of drug-likeness (QED) is 0.512. The van der Waals surface area contributed by atoms with Crippen LogP contribution in [0.25, 0.3) is 0 Å². The number of hydrogen-bond donors (Lipinski definition) is 1. The Labute approximate surface area is 130 Å². The van der Waals surface area contributed by atoms with E-state index in [0.717, 1.165) is 44.9 Å². The van der Waals surface area contributed by atoms with Gasteiger partial charge < -0.3 is 14.6 Å². The average molecular weight is 302 g/mol. The summed E-state index contributed by atoms with van der Waals surface area (Å²) in [5.74, 6) is -0.706. The molecule has 0 amide bonds. The molecular weight excluding hydrogens is 268 g/mol. The lowest BCUT2D eigenvalue weighted by Crippen LogP contribution is -2.33. The molecule has 126 valence electrons. The molecule has 0 saturated heterocycles. The molecule has 2 unspecified atom stereocenters. The van der Waals surface area contributed by atoms with Crippen molar-refractivity contribution < 1.29 is 19.4 Å². The molecule has 21 heavy (non-hydrogen) atoms. The summed E-state index contributed by atoms with van der Waals surface area (Å²) in [5.41, 5.74) is -0.207. The lowest BCUT2D eigenvalue weighted by atomic mass is 9.94. The minimum atomic E-state index is -0.706. The van der Waals surface area contributed by atoms with Crippen LogP contribution in [0.2, 0.25) is 0 Å². The van der Waals surface area contributed by atoms with Gasteiger partial charge in [-0.1, -0.05) is 26.7 Å². The Morgan fingerprint density at radius 2 is 1.62 bits per heavy atom. The molecule has 0 saturated carbocycles. The Bertz CT molecular complexity index is 287. The highest BCUT2D eigenvalue weighted by molar-refractivity contribution is 5.66. The molecule has 0 fully saturated rings. The molecule has 2 atom stereocenters. The van der Waals surface area contributed by atoms with Crippen molar-refractivity contribution in [2.45, 2.75) is 90.3 Å². The molecule has 0 radical (unpaired) electrons. The summed E-state index contributed by atoms with van der Waals surface area (Å²) in [6, 6.07) is 0. The number of ether oxygens (including phenoxy) is 2. The molecule has 0 aromatic rings. The van der Waals surface area contributed by atoms with Crippen LogP contribution in [0, 0.1) is 0 Å². The third-order valence-corrected chi connectivity index (χ3v) is 4.67. The van der Waals surface area contributed by atoms with E-state index in [0.29, 0.717) is 6.61 Å². The van der Waals surface area contributed by atoms with Crippen LogP contribution >= 0.6 is 0 Å². The van der Waals surface area contributed by atoms with Crippen LogP contribution in [0.4, 0.5) is 0 Å². The highest BCUT2D eigenvalue weighted by atomic mass is 16.5. The molecule has 0 aromatic heterocycles. The van der Waals surface area contributed by atoms with E-state index in [2.05, 4.69) is 27.7 Å². The molecule has 0 aliphatic rings. The summed E-state index contributed by atoms with van der Waals surface area (Å²) < 4.78 is 11.6. The van der Waals surface area contributed by atoms with Crippen molar-refractivity contribution in [3.63, 3.8) is 0 Å². The van der Waals surface area contributed by atoms with Crippen LogP contribution < -0.4 is 0 Å². The van der Waals surface area contributed by atoms with E-state index in [4.69, 9.17) is 14.6 Å². The lowest BCUT2D eigenvalue weighted by Gasteiger charge is -2.32. The first kappa shape index (κ1) is 20.4. The van der Waals surface area contributed by atoms with Crippen LogP contribution in [0.3, 0.4) is 0 Å². The fourth-order valence-electron chi connectivity index (χ4n) is 2.24. The van der Waals surface area contributed by atoms with Crippen LogP contribution in [-0.4, -0.2) is 36.0 Å². The van der Waals surface area contributed by atoms with Crippen LogP contribution in [0.1, 0.15) is 79.1 Å². The molecule has 0 spiro atoms. The molecule has 4 heteroatoms. The number of unbranched alkanes of at least 4 members (excludes halogenated alkanes) is 2. The Morgan fingerprint density at radius 3 is 2.10 bits per heavy atom. The zero-order chi connectivity index (χ0) is 16.4. The summed E-state index contributed by atoms with van der Waals surface area (Å²) in [5, 5.41) is 8.62. The van der Waals surface area contributed by atoms with E-state index < -0.39 is 5.97 Å². The molecule has 0 bridgehead atoms. The minimum absolute atomic E-state index is 0.101. The zero-order valence-corrected chi connectivity index (χ0v) is 14.5. The highest BCUT2D eigenvalue weighted by Crippen LogP contribution is 2.26. The molecular formula is C17H34O4. The van der Waals surface area contributed by atoms with Crippen molar-refractivity contribution in [3.8, 4) is 0 Å². The van der Waals surface area contributed by atoms with Gasteiger partial charge in [-0.3, -0.25) is 4.79 Å². The fraction of sp³-hybridized carbons (Fsp3) is 0.941. The van der Waals surface area contributed by atoms with E-state index >= 15 is 0 Å². The van der Waals surface area contributed by atoms with E-state index in [-0.39, 0.29) is 17.6 Å². The Kier molecular flexibility index (Phi) is 9.88. The van der Waals surface area contributed by atoms with Crippen LogP contribution in [0.5, 0.6) is 0 Å². The van der Waals surface area contributed by atoms with E-state index in [1.54, 1.807) is 7.11 Å². The Morgan fingerprint density at radius 1 is 1.00 bits per heavy atom. The highest BCUT2D eigenvalue weighted by Gasteiger charge is 2.25. The van der Waals surface area contributed by atoms with Gasteiger partial charge in [0.05, 0.1) is 17.8 Å². The fourth-order valence-corrected chi connectivity index (χ4v) is 2.24.